The van der Waals surface area contributed by atoms with Gasteiger partial charge >= 0.3 is 0 Å². The van der Waals surface area contributed by atoms with Gasteiger partial charge in [0.25, 0.3) is 0 Å². The summed E-state index contributed by atoms with van der Waals surface area (Å²) in [5.41, 5.74) is 7.26. The van der Waals surface area contributed by atoms with Crippen molar-refractivity contribution in [3.8, 4) is 5.88 Å². The van der Waals surface area contributed by atoms with Gasteiger partial charge in [-0.3, -0.25) is 0 Å². The molecular weight excluding hydrogens is 264 g/mol. The zero-order chi connectivity index (χ0) is 13.0. The van der Waals surface area contributed by atoms with E-state index in [4.69, 9.17) is 22.7 Å². The van der Waals surface area contributed by atoms with Crippen LogP contribution in [0.4, 0.5) is 0 Å². The summed E-state index contributed by atoms with van der Waals surface area (Å²) in [7, 11) is 0. The largest absolute Gasteiger partial charge is 0.477 e. The van der Waals surface area contributed by atoms with E-state index in [-0.39, 0.29) is 0 Å². The molecule has 0 bridgehead atoms. The maximum absolute atomic E-state index is 5.63. The third-order valence-corrected chi connectivity index (χ3v) is 3.56. The second-order valence-corrected chi connectivity index (χ2v) is 5.35. The predicted molar refractivity (Wildman–Crippen MR) is 78.4 cm³/mol. The van der Waals surface area contributed by atoms with E-state index in [9.17, 15) is 0 Å². The number of nitrogens with two attached hydrogens (primary N) is 1. The highest BCUT2D eigenvalue weighted by Gasteiger charge is 2.04. The van der Waals surface area contributed by atoms with Gasteiger partial charge in [0.15, 0.2) is 0 Å². The number of thiocarbonyl (C=S) groups is 1. The SMILES string of the molecule is Cc1cc(C(N)=S)cc(OCCc2cccs2)n1. The fourth-order valence-electron chi connectivity index (χ4n) is 1.57. The van der Waals surface area contributed by atoms with E-state index in [1.54, 1.807) is 17.4 Å². The van der Waals surface area contributed by atoms with Gasteiger partial charge in [0.1, 0.15) is 4.99 Å². The Balaban J connectivity index is 1.98. The van der Waals surface area contributed by atoms with Gasteiger partial charge < -0.3 is 10.5 Å². The van der Waals surface area contributed by atoms with Crippen molar-refractivity contribution in [1.82, 2.24) is 4.98 Å². The van der Waals surface area contributed by atoms with E-state index in [0.29, 0.717) is 17.5 Å². The highest BCUT2D eigenvalue weighted by Crippen LogP contribution is 2.14. The standard InChI is InChI=1S/C13H14N2OS2/c1-9-7-10(13(14)17)8-12(15-9)16-5-4-11-3-2-6-18-11/h2-3,6-8H,4-5H2,1H3,(H2,14,17). The zero-order valence-electron chi connectivity index (χ0n) is 10.1. The van der Waals surface area contributed by atoms with Gasteiger partial charge in [0, 0.05) is 28.6 Å². The minimum absolute atomic E-state index is 0.364. The molecular formula is C13H14N2OS2. The molecule has 0 aliphatic heterocycles. The van der Waals surface area contributed by atoms with Gasteiger partial charge in [-0.1, -0.05) is 18.3 Å². The Hall–Kier alpha value is -1.46. The molecule has 3 nitrogen and oxygen atoms in total. The van der Waals surface area contributed by atoms with Gasteiger partial charge in [-0.15, -0.1) is 11.3 Å². The first-order valence-corrected chi connectivity index (χ1v) is 6.87. The predicted octanol–water partition coefficient (Wildman–Crippen LogP) is 2.71. The van der Waals surface area contributed by atoms with E-state index in [1.165, 1.54) is 4.88 Å². The number of thiophene rings is 1. The van der Waals surface area contributed by atoms with Gasteiger partial charge in [0.2, 0.25) is 5.88 Å². The van der Waals surface area contributed by atoms with Crippen LogP contribution in [0.3, 0.4) is 0 Å². The van der Waals surface area contributed by atoms with Crippen molar-refractivity contribution >= 4 is 28.5 Å². The summed E-state index contributed by atoms with van der Waals surface area (Å²) in [4.78, 5) is 5.97. The molecule has 2 aromatic heterocycles. The minimum atomic E-state index is 0.364. The van der Waals surface area contributed by atoms with E-state index in [1.807, 2.05) is 19.1 Å². The second kappa shape index (κ2) is 5.93. The summed E-state index contributed by atoms with van der Waals surface area (Å²) in [5.74, 6) is 0.578. The molecule has 0 spiro atoms. The number of aromatic nitrogens is 1. The first kappa shape index (κ1) is 13.0. The molecule has 0 saturated carbocycles. The lowest BCUT2D eigenvalue weighted by Crippen LogP contribution is -2.11. The lowest BCUT2D eigenvalue weighted by Gasteiger charge is -2.07. The molecule has 5 heteroatoms. The molecule has 0 amide bonds. The number of nitrogens with zero attached hydrogens (tertiary/aromatic N) is 1. The average Bonchev–Trinajstić information content (AvgIpc) is 2.81. The molecule has 0 unspecified atom stereocenters. The molecule has 2 rings (SSSR count). The first-order chi connectivity index (χ1) is 8.65. The van der Waals surface area contributed by atoms with Crippen LogP contribution in [0.25, 0.3) is 0 Å². The number of ether oxygens (including phenoxy) is 1. The van der Waals surface area contributed by atoms with Crippen LogP contribution in [-0.2, 0) is 6.42 Å². The van der Waals surface area contributed by atoms with Crippen LogP contribution in [0.5, 0.6) is 5.88 Å². The topological polar surface area (TPSA) is 48.1 Å². The van der Waals surface area contributed by atoms with Crippen LogP contribution in [-0.4, -0.2) is 16.6 Å². The van der Waals surface area contributed by atoms with E-state index in [2.05, 4.69) is 16.4 Å². The highest BCUT2D eigenvalue weighted by atomic mass is 32.1. The highest BCUT2D eigenvalue weighted by molar-refractivity contribution is 7.80. The molecule has 0 fully saturated rings. The molecule has 2 heterocycles. The number of aryl methyl sites for hydroxylation is 1. The fraction of sp³-hybridized carbons (Fsp3) is 0.231. The lowest BCUT2D eigenvalue weighted by molar-refractivity contribution is 0.310. The number of pyridine rings is 1. The molecule has 0 aliphatic rings. The van der Waals surface area contributed by atoms with Crippen molar-refractivity contribution in [3.05, 3.63) is 45.8 Å². The third-order valence-electron chi connectivity index (χ3n) is 2.39. The normalized spacial score (nSPS) is 10.3. The molecule has 94 valence electrons. The van der Waals surface area contributed by atoms with Crippen molar-refractivity contribution in [1.29, 1.82) is 0 Å². The zero-order valence-corrected chi connectivity index (χ0v) is 11.7. The van der Waals surface area contributed by atoms with E-state index in [0.717, 1.165) is 17.7 Å². The third kappa shape index (κ3) is 3.51. The number of rotatable bonds is 5. The average molecular weight is 278 g/mol. The second-order valence-electron chi connectivity index (χ2n) is 3.88. The Kier molecular flexibility index (Phi) is 4.28. The summed E-state index contributed by atoms with van der Waals surface area (Å²) < 4.78 is 5.63. The fourth-order valence-corrected chi connectivity index (χ4v) is 2.37. The van der Waals surface area contributed by atoms with Gasteiger partial charge in [-0.05, 0) is 24.4 Å². The van der Waals surface area contributed by atoms with Crippen molar-refractivity contribution in [2.75, 3.05) is 6.61 Å². The Morgan fingerprint density at radius 2 is 2.33 bits per heavy atom. The van der Waals surface area contributed by atoms with Crippen molar-refractivity contribution in [2.45, 2.75) is 13.3 Å². The quantitative estimate of drug-likeness (QED) is 0.854. The molecule has 0 radical (unpaired) electrons. The van der Waals surface area contributed by atoms with Crippen LogP contribution in [0.15, 0.2) is 29.6 Å². The Bertz CT molecular complexity index is 538. The summed E-state index contributed by atoms with van der Waals surface area (Å²) in [6.07, 6.45) is 0.885. The lowest BCUT2D eigenvalue weighted by atomic mass is 10.2. The van der Waals surface area contributed by atoms with Crippen LogP contribution in [0.2, 0.25) is 0 Å². The molecule has 18 heavy (non-hydrogen) atoms. The maximum atomic E-state index is 5.63. The maximum Gasteiger partial charge on any atom is 0.214 e. The summed E-state index contributed by atoms with van der Waals surface area (Å²) >= 11 is 6.68. The first-order valence-electron chi connectivity index (χ1n) is 5.59. The van der Waals surface area contributed by atoms with Crippen molar-refractivity contribution < 1.29 is 4.74 Å². The van der Waals surface area contributed by atoms with Crippen LogP contribution >= 0.6 is 23.6 Å². The van der Waals surface area contributed by atoms with Crippen molar-refractivity contribution in [2.24, 2.45) is 5.73 Å². The summed E-state index contributed by atoms with van der Waals surface area (Å²) in [5, 5.41) is 2.06. The minimum Gasteiger partial charge on any atom is -0.477 e. The Morgan fingerprint density at radius 3 is 3.00 bits per heavy atom. The molecule has 2 N–H and O–H groups in total. The van der Waals surface area contributed by atoms with Gasteiger partial charge in [0.05, 0.1) is 6.61 Å². The number of hydrogen-bond acceptors (Lipinski definition) is 4. The molecule has 0 atom stereocenters. The van der Waals surface area contributed by atoms with Crippen molar-refractivity contribution in [3.63, 3.8) is 0 Å². The monoisotopic (exact) mass is 278 g/mol. The van der Waals surface area contributed by atoms with Crippen LogP contribution < -0.4 is 10.5 Å². The molecule has 2 aromatic rings. The Morgan fingerprint density at radius 1 is 1.50 bits per heavy atom. The summed E-state index contributed by atoms with van der Waals surface area (Å²) in [6, 6.07) is 7.77. The van der Waals surface area contributed by atoms with Gasteiger partial charge in [-0.25, -0.2) is 4.98 Å². The number of hydrogen-bond donors (Lipinski definition) is 1. The van der Waals surface area contributed by atoms with Crippen LogP contribution in [0, 0.1) is 6.92 Å². The van der Waals surface area contributed by atoms with Crippen LogP contribution in [0.1, 0.15) is 16.1 Å². The van der Waals surface area contributed by atoms with E-state index >= 15 is 0 Å². The summed E-state index contributed by atoms with van der Waals surface area (Å²) in [6.45, 7) is 2.50. The van der Waals surface area contributed by atoms with E-state index < -0.39 is 0 Å². The van der Waals surface area contributed by atoms with Gasteiger partial charge in [-0.2, -0.15) is 0 Å². The Labute approximate surface area is 116 Å². The smallest absolute Gasteiger partial charge is 0.214 e. The molecule has 0 saturated heterocycles. The molecule has 0 aliphatic carbocycles. The molecule has 0 aromatic carbocycles.